The smallest absolute Gasteiger partial charge is 0.326 e. The first-order chi connectivity index (χ1) is 16.2. The van der Waals surface area contributed by atoms with Crippen LogP contribution in [0, 0.1) is 5.82 Å². The van der Waals surface area contributed by atoms with Gasteiger partial charge >= 0.3 is 6.03 Å². The maximum absolute atomic E-state index is 14.6. The number of aryl methyl sites for hydroxylation is 1. The molecule has 9 nitrogen and oxygen atoms in total. The van der Waals surface area contributed by atoms with Crippen molar-refractivity contribution in [1.29, 1.82) is 0 Å². The van der Waals surface area contributed by atoms with Crippen LogP contribution >= 0.6 is 23.4 Å². The average Bonchev–Trinajstić information content (AvgIpc) is 3.27. The average molecular weight is 503 g/mol. The van der Waals surface area contributed by atoms with Crippen molar-refractivity contribution in [2.75, 3.05) is 16.9 Å². The Hall–Kier alpha value is -3.44. The fourth-order valence-corrected chi connectivity index (χ4v) is 3.85. The molecule has 0 radical (unpaired) electrons. The number of nitrogens with zero attached hydrogens (tertiary/aromatic N) is 4. The Bertz CT molecular complexity index is 1470. The molecule has 0 spiro atoms. The normalized spacial score (nSPS) is 11.3. The Balaban J connectivity index is 1.69. The van der Waals surface area contributed by atoms with Crippen LogP contribution in [0.5, 0.6) is 0 Å². The zero-order chi connectivity index (χ0) is 24.6. The number of carbonyl (C=O) groups excluding carboxylic acids is 1. The second-order valence-corrected chi connectivity index (χ2v) is 8.90. The molecule has 2 amide bonds. The predicted molar refractivity (Wildman–Crippen MR) is 130 cm³/mol. The highest BCUT2D eigenvalue weighted by Crippen LogP contribution is 2.32. The van der Waals surface area contributed by atoms with Crippen molar-refractivity contribution in [2.24, 2.45) is 7.05 Å². The van der Waals surface area contributed by atoms with Crippen LogP contribution < -0.4 is 16.2 Å². The Kier molecular flexibility index (Phi) is 6.58. The third-order valence-corrected chi connectivity index (χ3v) is 5.94. The Morgan fingerprint density at radius 1 is 1.21 bits per heavy atom. The van der Waals surface area contributed by atoms with E-state index < -0.39 is 11.8 Å². The molecule has 176 valence electrons. The number of anilines is 2. The number of benzene rings is 1. The molecule has 4 rings (SSSR count). The summed E-state index contributed by atoms with van der Waals surface area (Å²) in [6.45, 7) is 3.86. The molecule has 0 unspecified atom stereocenters. The minimum absolute atomic E-state index is 0.0124. The molecule has 4 aromatic rings. The fraction of sp³-hybridized carbons (Fsp3) is 0.227. The standard InChI is InChI=1S/C22H20ClFN6O3S/c1-10(2)16-8-18(33-29-16)27-21(32)26-17-6-12(14(23)7-15(17)24)13-5-11-9-25-22(34-4)28-19(11)30(3)20(13)31/h5-10H,1-4H3,(H2,26,27,32). The monoisotopic (exact) mass is 502 g/mol. The van der Waals surface area contributed by atoms with Crippen LogP contribution in [-0.4, -0.2) is 32.0 Å². The van der Waals surface area contributed by atoms with Crippen molar-refractivity contribution in [1.82, 2.24) is 19.7 Å². The van der Waals surface area contributed by atoms with Crippen LogP contribution in [0.15, 0.2) is 44.9 Å². The minimum Gasteiger partial charge on any atom is -0.338 e. The summed E-state index contributed by atoms with van der Waals surface area (Å²) < 4.78 is 21.0. The highest BCUT2D eigenvalue weighted by atomic mass is 35.5. The molecular formula is C22H20ClFN6O3S. The van der Waals surface area contributed by atoms with Gasteiger partial charge in [0.2, 0.25) is 5.88 Å². The molecule has 34 heavy (non-hydrogen) atoms. The number of hydrogen-bond acceptors (Lipinski definition) is 7. The van der Waals surface area contributed by atoms with E-state index in [1.807, 2.05) is 20.1 Å². The van der Waals surface area contributed by atoms with Crippen molar-refractivity contribution >= 4 is 52.0 Å². The lowest BCUT2D eigenvalue weighted by Crippen LogP contribution is -2.21. The third kappa shape index (κ3) is 4.62. The maximum Gasteiger partial charge on any atom is 0.326 e. The number of halogens is 2. The number of carbonyl (C=O) groups is 1. The summed E-state index contributed by atoms with van der Waals surface area (Å²) >= 11 is 7.64. The Labute approximate surface area is 202 Å². The lowest BCUT2D eigenvalue weighted by Gasteiger charge is -2.13. The lowest BCUT2D eigenvalue weighted by atomic mass is 10.0. The fourth-order valence-electron chi connectivity index (χ4n) is 3.26. The van der Waals surface area contributed by atoms with Gasteiger partial charge in [-0.25, -0.2) is 19.2 Å². The van der Waals surface area contributed by atoms with Gasteiger partial charge in [0.15, 0.2) is 5.16 Å². The molecule has 0 fully saturated rings. The van der Waals surface area contributed by atoms with Crippen LogP contribution in [0.3, 0.4) is 0 Å². The molecular weight excluding hydrogens is 483 g/mol. The minimum atomic E-state index is -0.769. The number of nitrogens with one attached hydrogen (secondary N) is 2. The van der Waals surface area contributed by atoms with Crippen molar-refractivity contribution < 1.29 is 13.7 Å². The number of pyridine rings is 1. The molecule has 0 bridgehead atoms. The number of fused-ring (bicyclic) bond motifs is 1. The van der Waals surface area contributed by atoms with Gasteiger partial charge in [-0.1, -0.05) is 42.4 Å². The summed E-state index contributed by atoms with van der Waals surface area (Å²) in [5, 5.41) is 9.87. The van der Waals surface area contributed by atoms with E-state index in [0.717, 1.165) is 6.07 Å². The maximum atomic E-state index is 14.6. The van der Waals surface area contributed by atoms with Crippen molar-refractivity contribution in [3.63, 3.8) is 0 Å². The molecule has 0 aliphatic carbocycles. The van der Waals surface area contributed by atoms with E-state index in [4.69, 9.17) is 16.1 Å². The van der Waals surface area contributed by atoms with Gasteiger partial charge in [0.1, 0.15) is 11.5 Å². The van der Waals surface area contributed by atoms with Crippen molar-refractivity contribution in [3.8, 4) is 11.1 Å². The second-order valence-electron chi connectivity index (χ2n) is 7.72. The number of urea groups is 1. The van der Waals surface area contributed by atoms with Gasteiger partial charge in [-0.15, -0.1) is 0 Å². The van der Waals surface area contributed by atoms with Crippen molar-refractivity contribution in [3.05, 3.63) is 57.3 Å². The molecule has 0 atom stereocenters. The quantitative estimate of drug-likeness (QED) is 0.282. The van der Waals surface area contributed by atoms with E-state index in [1.54, 1.807) is 25.4 Å². The van der Waals surface area contributed by atoms with E-state index in [-0.39, 0.29) is 39.2 Å². The first-order valence-corrected chi connectivity index (χ1v) is 11.7. The molecule has 2 N–H and O–H groups in total. The van der Waals surface area contributed by atoms with Crippen molar-refractivity contribution in [2.45, 2.75) is 24.9 Å². The van der Waals surface area contributed by atoms with E-state index >= 15 is 0 Å². The van der Waals surface area contributed by atoms with Crippen LogP contribution in [0.1, 0.15) is 25.5 Å². The van der Waals surface area contributed by atoms with Crippen LogP contribution in [0.2, 0.25) is 5.02 Å². The molecule has 3 aromatic heterocycles. The summed E-state index contributed by atoms with van der Waals surface area (Å²) in [7, 11) is 1.58. The van der Waals surface area contributed by atoms with Gasteiger partial charge in [0, 0.05) is 35.8 Å². The van der Waals surface area contributed by atoms with Gasteiger partial charge in [0.05, 0.1) is 16.4 Å². The van der Waals surface area contributed by atoms with E-state index in [2.05, 4.69) is 25.8 Å². The molecule has 0 saturated carbocycles. The molecule has 1 aromatic carbocycles. The first kappa shape index (κ1) is 23.7. The zero-order valence-electron chi connectivity index (χ0n) is 18.6. The van der Waals surface area contributed by atoms with Gasteiger partial charge in [0.25, 0.3) is 5.56 Å². The van der Waals surface area contributed by atoms with E-state index in [9.17, 15) is 14.0 Å². The lowest BCUT2D eigenvalue weighted by molar-refractivity contribution is 0.261. The number of rotatable bonds is 5. The molecule has 12 heteroatoms. The van der Waals surface area contributed by atoms with Crippen LogP contribution in [0.25, 0.3) is 22.2 Å². The van der Waals surface area contributed by atoms with Gasteiger partial charge in [-0.2, -0.15) is 0 Å². The number of aromatic nitrogens is 4. The van der Waals surface area contributed by atoms with Crippen LogP contribution in [0.4, 0.5) is 20.8 Å². The third-order valence-electron chi connectivity index (χ3n) is 5.06. The van der Waals surface area contributed by atoms with Crippen LogP contribution in [-0.2, 0) is 7.05 Å². The van der Waals surface area contributed by atoms with E-state index in [1.165, 1.54) is 22.4 Å². The Morgan fingerprint density at radius 3 is 2.65 bits per heavy atom. The number of hydrogen-bond donors (Lipinski definition) is 2. The largest absolute Gasteiger partial charge is 0.338 e. The Morgan fingerprint density at radius 2 is 1.97 bits per heavy atom. The molecule has 3 heterocycles. The summed E-state index contributed by atoms with van der Waals surface area (Å²) in [5.74, 6) is -0.542. The summed E-state index contributed by atoms with van der Waals surface area (Å²) in [5.41, 5.74) is 1.02. The topological polar surface area (TPSA) is 115 Å². The SMILES string of the molecule is CSc1ncc2cc(-c3cc(NC(=O)Nc4cc(C(C)C)no4)c(F)cc3Cl)c(=O)n(C)c2n1. The number of thioether (sulfide) groups is 1. The summed E-state index contributed by atoms with van der Waals surface area (Å²) in [4.78, 5) is 34.1. The highest BCUT2D eigenvalue weighted by molar-refractivity contribution is 7.98. The molecule has 0 aliphatic heterocycles. The highest BCUT2D eigenvalue weighted by Gasteiger charge is 2.18. The van der Waals surface area contributed by atoms with Gasteiger partial charge in [-0.05, 0) is 30.4 Å². The predicted octanol–water partition coefficient (Wildman–Crippen LogP) is 5.27. The molecule has 0 saturated heterocycles. The summed E-state index contributed by atoms with van der Waals surface area (Å²) in [6.07, 6.45) is 3.44. The van der Waals surface area contributed by atoms with Gasteiger partial charge in [-0.3, -0.25) is 14.7 Å². The zero-order valence-corrected chi connectivity index (χ0v) is 20.2. The molecule has 0 aliphatic rings. The first-order valence-electron chi connectivity index (χ1n) is 10.1. The number of amides is 2. The van der Waals surface area contributed by atoms with E-state index in [0.29, 0.717) is 21.9 Å². The second kappa shape index (κ2) is 9.43. The summed E-state index contributed by atoms with van der Waals surface area (Å²) in [6, 6.07) is 4.76. The van der Waals surface area contributed by atoms with Gasteiger partial charge < -0.3 is 9.84 Å².